The minimum absolute atomic E-state index is 0.185. The maximum atomic E-state index is 12.6. The number of esters is 3. The van der Waals surface area contributed by atoms with Crippen molar-refractivity contribution in [2.75, 3.05) is 65.7 Å². The molecule has 1 N–H and O–H groups in total. The Hall–Kier alpha value is -1.75. The van der Waals surface area contributed by atoms with Crippen LogP contribution in [0.5, 0.6) is 0 Å². The molecule has 0 bridgehead atoms. The monoisotopic (exact) mass is 511 g/mol. The second-order valence-electron chi connectivity index (χ2n) is 10.6. The predicted molar refractivity (Wildman–Crippen MR) is 133 cm³/mol. The van der Waals surface area contributed by atoms with Gasteiger partial charge in [0, 0.05) is 19.6 Å². The van der Waals surface area contributed by atoms with E-state index in [1.807, 2.05) is 14.7 Å². The quantitative estimate of drug-likeness (QED) is 0.154. The fourth-order valence-electron chi connectivity index (χ4n) is 4.24. The minimum Gasteiger partial charge on any atom is -0.464 e. The number of ether oxygens (including phenoxy) is 3. The Bertz CT molecular complexity index is 656. The van der Waals surface area contributed by atoms with E-state index in [-0.39, 0.29) is 55.9 Å². The molecular weight excluding hydrogens is 466 g/mol. The maximum absolute atomic E-state index is 12.6. The van der Waals surface area contributed by atoms with Gasteiger partial charge in [-0.25, -0.2) is 0 Å². The zero-order valence-corrected chi connectivity index (χ0v) is 22.3. The summed E-state index contributed by atoms with van der Waals surface area (Å²) >= 11 is 0. The zero-order chi connectivity index (χ0) is 26.1. The Labute approximate surface area is 215 Å². The van der Waals surface area contributed by atoms with E-state index < -0.39 is 12.0 Å². The molecule has 6 atom stereocenters. The van der Waals surface area contributed by atoms with Crippen LogP contribution in [-0.2, 0) is 28.6 Å². The summed E-state index contributed by atoms with van der Waals surface area (Å²) < 4.78 is 16.7. The van der Waals surface area contributed by atoms with E-state index in [0.717, 1.165) is 58.2 Å². The van der Waals surface area contributed by atoms with Gasteiger partial charge in [0.15, 0.2) is 0 Å². The summed E-state index contributed by atoms with van der Waals surface area (Å²) in [7, 11) is 0. The van der Waals surface area contributed by atoms with Gasteiger partial charge >= 0.3 is 17.9 Å². The summed E-state index contributed by atoms with van der Waals surface area (Å²) in [6.07, 6.45) is 6.21. The smallest absolute Gasteiger partial charge is 0.324 e. The number of hydrogen-bond donors (Lipinski definition) is 1. The number of aliphatic hydroxyl groups excluding tert-OH is 1. The highest BCUT2D eigenvalue weighted by molar-refractivity contribution is 5.80. The second-order valence-corrected chi connectivity index (χ2v) is 10.6. The third-order valence-electron chi connectivity index (χ3n) is 7.25. The van der Waals surface area contributed by atoms with Crippen molar-refractivity contribution in [3.8, 4) is 0 Å². The molecule has 3 fully saturated rings. The lowest BCUT2D eigenvalue weighted by Crippen LogP contribution is -2.44. The summed E-state index contributed by atoms with van der Waals surface area (Å²) in [5.41, 5.74) is -1.20. The fraction of sp³-hybridized carbons (Fsp3) is 0.885. The van der Waals surface area contributed by atoms with Crippen LogP contribution in [0.2, 0.25) is 0 Å². The van der Waals surface area contributed by atoms with E-state index in [0.29, 0.717) is 19.6 Å². The van der Waals surface area contributed by atoms with E-state index in [4.69, 9.17) is 14.2 Å². The van der Waals surface area contributed by atoms with Gasteiger partial charge < -0.3 is 19.3 Å². The van der Waals surface area contributed by atoms with Crippen molar-refractivity contribution in [2.24, 2.45) is 5.41 Å². The molecular formula is C26H45N3O7. The fourth-order valence-corrected chi connectivity index (χ4v) is 4.24. The van der Waals surface area contributed by atoms with Gasteiger partial charge in [0.1, 0.15) is 37.9 Å². The van der Waals surface area contributed by atoms with Gasteiger partial charge in [0.25, 0.3) is 0 Å². The number of carbonyl (C=O) groups is 3. The van der Waals surface area contributed by atoms with Crippen molar-refractivity contribution in [2.45, 2.75) is 77.4 Å². The number of hydrogen-bond acceptors (Lipinski definition) is 10. The summed E-state index contributed by atoms with van der Waals surface area (Å²) in [5.74, 6) is -1.08. The van der Waals surface area contributed by atoms with Crippen molar-refractivity contribution in [1.29, 1.82) is 0 Å². The summed E-state index contributed by atoms with van der Waals surface area (Å²) in [6, 6.07) is -0.805. The van der Waals surface area contributed by atoms with E-state index in [1.165, 1.54) is 0 Å². The SMILES string of the molecule is CCCCN1CC1C(=O)OCC(CO)(COC(=O)C1CN1CCCC)COC(=O)C1CN1CCCC. The molecule has 0 aromatic carbocycles. The first kappa shape index (κ1) is 28.8. The lowest BCUT2D eigenvalue weighted by atomic mass is 9.92. The number of unbranched alkanes of at least 4 members (excludes halogenated alkanes) is 3. The van der Waals surface area contributed by atoms with Crippen LogP contribution in [0, 0.1) is 5.41 Å². The molecule has 0 aromatic heterocycles. The van der Waals surface area contributed by atoms with Crippen LogP contribution in [0.3, 0.4) is 0 Å². The Morgan fingerprint density at radius 2 is 0.972 bits per heavy atom. The molecule has 206 valence electrons. The molecule has 3 saturated heterocycles. The van der Waals surface area contributed by atoms with E-state index in [9.17, 15) is 19.5 Å². The number of carbonyl (C=O) groups excluding carboxylic acids is 3. The summed E-state index contributed by atoms with van der Waals surface area (Å²) in [4.78, 5) is 43.8. The molecule has 0 saturated carbocycles. The largest absolute Gasteiger partial charge is 0.464 e. The summed E-state index contributed by atoms with van der Waals surface area (Å²) in [6.45, 7) is 9.85. The molecule has 36 heavy (non-hydrogen) atoms. The van der Waals surface area contributed by atoms with Crippen LogP contribution in [0.1, 0.15) is 59.3 Å². The van der Waals surface area contributed by atoms with Gasteiger partial charge in [-0.1, -0.05) is 40.0 Å². The molecule has 0 radical (unpaired) electrons. The maximum Gasteiger partial charge on any atom is 0.324 e. The van der Waals surface area contributed by atoms with Crippen LogP contribution < -0.4 is 0 Å². The van der Waals surface area contributed by atoms with Crippen LogP contribution in [-0.4, -0.2) is 122 Å². The van der Waals surface area contributed by atoms with Crippen LogP contribution >= 0.6 is 0 Å². The second kappa shape index (κ2) is 13.7. The third kappa shape index (κ3) is 8.39. The number of aliphatic hydroxyl groups is 1. The van der Waals surface area contributed by atoms with Gasteiger partial charge in [0.05, 0.1) is 12.0 Å². The molecule has 10 nitrogen and oxygen atoms in total. The van der Waals surface area contributed by atoms with Gasteiger partial charge in [-0.05, 0) is 38.9 Å². The van der Waals surface area contributed by atoms with Crippen molar-refractivity contribution in [1.82, 2.24) is 14.7 Å². The molecule has 3 heterocycles. The van der Waals surface area contributed by atoms with Gasteiger partial charge in [-0.15, -0.1) is 0 Å². The first-order chi connectivity index (χ1) is 17.4. The first-order valence-electron chi connectivity index (χ1n) is 13.7. The van der Waals surface area contributed by atoms with Crippen LogP contribution in [0.25, 0.3) is 0 Å². The first-order valence-corrected chi connectivity index (χ1v) is 13.7. The lowest BCUT2D eigenvalue weighted by molar-refractivity contribution is -0.165. The van der Waals surface area contributed by atoms with Crippen LogP contribution in [0.4, 0.5) is 0 Å². The van der Waals surface area contributed by atoms with Gasteiger partial charge in [-0.3, -0.25) is 29.1 Å². The Balaban J connectivity index is 1.52. The van der Waals surface area contributed by atoms with Gasteiger partial charge in [-0.2, -0.15) is 0 Å². The van der Waals surface area contributed by atoms with Crippen molar-refractivity contribution >= 4 is 17.9 Å². The predicted octanol–water partition coefficient (Wildman–Crippen LogP) is 1.05. The molecule has 3 rings (SSSR count). The standard InChI is InChI=1S/C26H45N3O7/c1-4-7-10-27-13-20(27)23(31)34-17-26(16-30,18-35-24(32)21-14-28(21)11-8-5-2)19-36-25(33)22-15-29(22)12-9-6-3/h20-22,30H,4-19H2,1-3H3. The molecule has 10 heteroatoms. The molecule has 0 aromatic rings. The summed E-state index contributed by atoms with van der Waals surface area (Å²) in [5, 5.41) is 10.3. The molecule has 3 aliphatic rings. The number of nitrogens with zero attached hydrogens (tertiary/aromatic N) is 3. The number of rotatable bonds is 19. The van der Waals surface area contributed by atoms with E-state index in [2.05, 4.69) is 20.8 Å². The molecule has 6 unspecified atom stereocenters. The normalized spacial score (nSPS) is 29.7. The zero-order valence-electron chi connectivity index (χ0n) is 22.3. The highest BCUT2D eigenvalue weighted by Crippen LogP contribution is 2.27. The molecule has 0 spiro atoms. The van der Waals surface area contributed by atoms with Crippen molar-refractivity contribution in [3.05, 3.63) is 0 Å². The highest BCUT2D eigenvalue weighted by Gasteiger charge is 2.46. The lowest BCUT2D eigenvalue weighted by Gasteiger charge is -2.30. The average Bonchev–Trinajstić information content (AvgIpc) is 3.76. The van der Waals surface area contributed by atoms with Gasteiger partial charge in [0.2, 0.25) is 0 Å². The van der Waals surface area contributed by atoms with E-state index >= 15 is 0 Å². The Kier molecular flexibility index (Phi) is 11.0. The average molecular weight is 512 g/mol. The van der Waals surface area contributed by atoms with Crippen molar-refractivity contribution < 1.29 is 33.7 Å². The van der Waals surface area contributed by atoms with Crippen molar-refractivity contribution in [3.63, 3.8) is 0 Å². The van der Waals surface area contributed by atoms with E-state index in [1.54, 1.807) is 0 Å². The van der Waals surface area contributed by atoms with Crippen LogP contribution in [0.15, 0.2) is 0 Å². The highest BCUT2D eigenvalue weighted by atomic mass is 16.6. The molecule has 3 aliphatic heterocycles. The topological polar surface area (TPSA) is 108 Å². The molecule has 0 amide bonds. The minimum atomic E-state index is -1.20. The molecule has 0 aliphatic carbocycles. The Morgan fingerprint density at radius 3 is 1.22 bits per heavy atom. The Morgan fingerprint density at radius 1 is 0.667 bits per heavy atom. The third-order valence-corrected chi connectivity index (χ3v) is 7.25.